The monoisotopic (exact) mass is 220 g/mol. The number of carbonyl (C=O) groups excluding carboxylic acids is 1. The first-order chi connectivity index (χ1) is 7.70. The van der Waals surface area contributed by atoms with Gasteiger partial charge in [-0.3, -0.25) is 4.79 Å². The topological polar surface area (TPSA) is 72.1 Å². The van der Waals surface area contributed by atoms with Gasteiger partial charge in [0.15, 0.2) is 0 Å². The van der Waals surface area contributed by atoms with E-state index in [1.54, 1.807) is 0 Å². The number of likely N-dealkylation sites (tertiary alicyclic amines) is 1. The number of nitrogens with two attached hydrogens (primary N) is 1. The van der Waals surface area contributed by atoms with Crippen molar-refractivity contribution in [1.82, 2.24) is 14.9 Å². The summed E-state index contributed by atoms with van der Waals surface area (Å²) >= 11 is 0. The lowest BCUT2D eigenvalue weighted by Crippen LogP contribution is -2.29. The Morgan fingerprint density at radius 2 is 2.38 bits per heavy atom. The third kappa shape index (κ3) is 2.13. The Bertz CT molecular complexity index is 376. The number of rotatable bonds is 2. The number of nitrogen functional groups attached to an aromatic ring is 1. The van der Waals surface area contributed by atoms with Crippen LogP contribution < -0.4 is 5.73 Å². The Morgan fingerprint density at radius 3 is 2.94 bits per heavy atom. The van der Waals surface area contributed by atoms with Crippen LogP contribution >= 0.6 is 0 Å². The molecule has 5 heteroatoms. The Balaban J connectivity index is 2.05. The van der Waals surface area contributed by atoms with Gasteiger partial charge in [0.25, 0.3) is 5.91 Å². The molecule has 0 radical (unpaired) electrons. The van der Waals surface area contributed by atoms with Crippen molar-refractivity contribution in [2.24, 2.45) is 5.92 Å². The molecule has 1 aromatic heterocycles. The smallest absolute Gasteiger partial charge is 0.274 e. The highest BCUT2D eigenvalue weighted by Gasteiger charge is 2.26. The maximum absolute atomic E-state index is 12.0. The summed E-state index contributed by atoms with van der Waals surface area (Å²) in [5, 5.41) is 0. The van der Waals surface area contributed by atoms with Crippen LogP contribution in [0.5, 0.6) is 0 Å². The van der Waals surface area contributed by atoms with Crippen LogP contribution in [0.4, 0.5) is 5.82 Å². The van der Waals surface area contributed by atoms with Crippen LogP contribution in [-0.2, 0) is 0 Å². The van der Waals surface area contributed by atoms with E-state index in [-0.39, 0.29) is 5.91 Å². The number of anilines is 1. The van der Waals surface area contributed by atoms with Crippen molar-refractivity contribution in [3.05, 3.63) is 18.1 Å². The Labute approximate surface area is 94.7 Å². The van der Waals surface area contributed by atoms with Gasteiger partial charge in [0.2, 0.25) is 0 Å². The molecule has 0 aliphatic carbocycles. The van der Waals surface area contributed by atoms with Gasteiger partial charge in [-0.25, -0.2) is 9.97 Å². The van der Waals surface area contributed by atoms with Crippen LogP contribution in [-0.4, -0.2) is 33.9 Å². The standard InChI is InChI=1S/C11H16N4O/c1-2-8-3-4-15(7-8)11(16)9-5-14-10(12)6-13-9/h5-6,8H,2-4,7H2,1H3,(H2,12,14). The van der Waals surface area contributed by atoms with Gasteiger partial charge in [0, 0.05) is 13.1 Å². The summed E-state index contributed by atoms with van der Waals surface area (Å²) in [4.78, 5) is 21.7. The van der Waals surface area contributed by atoms with Crippen LogP contribution in [0.25, 0.3) is 0 Å². The highest BCUT2D eigenvalue weighted by atomic mass is 16.2. The largest absolute Gasteiger partial charge is 0.382 e. The van der Waals surface area contributed by atoms with Crippen LogP contribution in [0.2, 0.25) is 0 Å². The first-order valence-electron chi connectivity index (χ1n) is 5.57. The van der Waals surface area contributed by atoms with E-state index < -0.39 is 0 Å². The highest BCUT2D eigenvalue weighted by molar-refractivity contribution is 5.92. The predicted molar refractivity (Wildman–Crippen MR) is 60.7 cm³/mol. The average molecular weight is 220 g/mol. The summed E-state index contributed by atoms with van der Waals surface area (Å²) in [6.45, 7) is 3.81. The summed E-state index contributed by atoms with van der Waals surface area (Å²) in [6.07, 6.45) is 5.07. The van der Waals surface area contributed by atoms with E-state index >= 15 is 0 Å². The summed E-state index contributed by atoms with van der Waals surface area (Å²) in [7, 11) is 0. The second-order valence-corrected chi connectivity index (χ2v) is 4.14. The van der Waals surface area contributed by atoms with E-state index in [9.17, 15) is 4.79 Å². The van der Waals surface area contributed by atoms with E-state index in [0.717, 1.165) is 25.9 Å². The lowest BCUT2D eigenvalue weighted by Gasteiger charge is -2.15. The molecule has 2 heterocycles. The van der Waals surface area contributed by atoms with Gasteiger partial charge in [-0.2, -0.15) is 0 Å². The molecule has 86 valence electrons. The predicted octanol–water partition coefficient (Wildman–Crippen LogP) is 0.931. The fraction of sp³-hybridized carbons (Fsp3) is 0.545. The molecule has 0 spiro atoms. The van der Waals surface area contributed by atoms with Crippen LogP contribution in [0.1, 0.15) is 30.3 Å². The molecule has 2 N–H and O–H groups in total. The number of hydrogen-bond donors (Lipinski definition) is 1. The second-order valence-electron chi connectivity index (χ2n) is 4.14. The van der Waals surface area contributed by atoms with E-state index in [0.29, 0.717) is 17.4 Å². The first-order valence-corrected chi connectivity index (χ1v) is 5.57. The molecule has 1 amide bonds. The van der Waals surface area contributed by atoms with Crippen molar-refractivity contribution in [3.8, 4) is 0 Å². The minimum atomic E-state index is -0.0385. The summed E-state index contributed by atoms with van der Waals surface area (Å²) in [5.74, 6) is 0.929. The number of hydrogen-bond acceptors (Lipinski definition) is 4. The third-order valence-corrected chi connectivity index (χ3v) is 3.04. The molecule has 2 rings (SSSR count). The van der Waals surface area contributed by atoms with E-state index in [2.05, 4.69) is 16.9 Å². The lowest BCUT2D eigenvalue weighted by atomic mass is 10.1. The van der Waals surface area contributed by atoms with Gasteiger partial charge in [0.05, 0.1) is 12.4 Å². The van der Waals surface area contributed by atoms with Crippen molar-refractivity contribution < 1.29 is 4.79 Å². The maximum Gasteiger partial charge on any atom is 0.274 e. The SMILES string of the molecule is CCC1CCN(C(=O)c2cnc(N)cn2)C1. The van der Waals surface area contributed by atoms with Crippen molar-refractivity contribution in [1.29, 1.82) is 0 Å². The first kappa shape index (κ1) is 10.9. The molecular weight excluding hydrogens is 204 g/mol. The van der Waals surface area contributed by atoms with Crippen LogP contribution in [0.3, 0.4) is 0 Å². The maximum atomic E-state index is 12.0. The minimum absolute atomic E-state index is 0.0385. The fourth-order valence-corrected chi connectivity index (χ4v) is 1.96. The van der Waals surface area contributed by atoms with E-state index in [4.69, 9.17) is 5.73 Å². The molecule has 0 saturated carbocycles. The van der Waals surface area contributed by atoms with Crippen molar-refractivity contribution >= 4 is 11.7 Å². The van der Waals surface area contributed by atoms with Crippen LogP contribution in [0.15, 0.2) is 12.4 Å². The summed E-state index contributed by atoms with van der Waals surface area (Å²) in [6, 6.07) is 0. The van der Waals surface area contributed by atoms with Gasteiger partial charge in [-0.15, -0.1) is 0 Å². The number of nitrogens with zero attached hydrogens (tertiary/aromatic N) is 3. The molecule has 0 bridgehead atoms. The molecule has 1 atom stereocenters. The average Bonchev–Trinajstić information content (AvgIpc) is 2.77. The Hall–Kier alpha value is -1.65. The second kappa shape index (κ2) is 4.47. The molecule has 1 aliphatic heterocycles. The third-order valence-electron chi connectivity index (χ3n) is 3.04. The summed E-state index contributed by atoms with van der Waals surface area (Å²) < 4.78 is 0. The molecule has 1 aromatic rings. The quantitative estimate of drug-likeness (QED) is 0.804. The molecule has 0 aromatic carbocycles. The van der Waals surface area contributed by atoms with Crippen molar-refractivity contribution in [2.45, 2.75) is 19.8 Å². The Morgan fingerprint density at radius 1 is 1.56 bits per heavy atom. The zero-order valence-electron chi connectivity index (χ0n) is 9.39. The van der Waals surface area contributed by atoms with Gasteiger partial charge < -0.3 is 10.6 Å². The van der Waals surface area contributed by atoms with Gasteiger partial charge in [0.1, 0.15) is 11.5 Å². The number of carbonyl (C=O) groups is 1. The molecule has 1 unspecified atom stereocenters. The van der Waals surface area contributed by atoms with Gasteiger partial charge >= 0.3 is 0 Å². The van der Waals surface area contributed by atoms with E-state index in [1.165, 1.54) is 12.4 Å². The normalized spacial score (nSPS) is 20.1. The van der Waals surface area contributed by atoms with Crippen LogP contribution in [0, 0.1) is 5.92 Å². The van der Waals surface area contributed by atoms with Gasteiger partial charge in [-0.1, -0.05) is 13.3 Å². The zero-order valence-corrected chi connectivity index (χ0v) is 9.39. The van der Waals surface area contributed by atoms with Crippen molar-refractivity contribution in [2.75, 3.05) is 18.8 Å². The number of aromatic nitrogens is 2. The molecule has 5 nitrogen and oxygen atoms in total. The zero-order chi connectivity index (χ0) is 11.5. The highest BCUT2D eigenvalue weighted by Crippen LogP contribution is 2.20. The fourth-order valence-electron chi connectivity index (χ4n) is 1.96. The lowest BCUT2D eigenvalue weighted by molar-refractivity contribution is 0.0780. The van der Waals surface area contributed by atoms with E-state index in [1.807, 2.05) is 4.90 Å². The molecule has 1 saturated heterocycles. The molecular formula is C11H16N4O. The van der Waals surface area contributed by atoms with Gasteiger partial charge in [-0.05, 0) is 12.3 Å². The summed E-state index contributed by atoms with van der Waals surface area (Å²) in [5.41, 5.74) is 5.81. The van der Waals surface area contributed by atoms with Crippen molar-refractivity contribution in [3.63, 3.8) is 0 Å². The Kier molecular flexibility index (Phi) is 3.03. The molecule has 16 heavy (non-hydrogen) atoms. The molecule has 1 aliphatic rings. The minimum Gasteiger partial charge on any atom is -0.382 e. The number of amides is 1. The molecule has 1 fully saturated rings.